The van der Waals surface area contributed by atoms with Gasteiger partial charge in [-0.3, -0.25) is 0 Å². The van der Waals surface area contributed by atoms with E-state index in [1.165, 1.54) is 49.7 Å². The van der Waals surface area contributed by atoms with Gasteiger partial charge in [0.15, 0.2) is 9.84 Å². The third kappa shape index (κ3) is 3.79. The van der Waals surface area contributed by atoms with E-state index < -0.39 is 9.84 Å². The number of ether oxygens (including phenoxy) is 1. The monoisotopic (exact) mass is 371 g/mol. The minimum Gasteiger partial charge on any atom is -0.457 e. The van der Waals surface area contributed by atoms with E-state index in [9.17, 15) is 8.42 Å². The summed E-state index contributed by atoms with van der Waals surface area (Å²) < 4.78 is 29.0. The number of rotatable bonds is 4. The summed E-state index contributed by atoms with van der Waals surface area (Å²) in [5.74, 6) is 1.47. The number of sulfone groups is 1. The Labute approximate surface area is 155 Å². The van der Waals surface area contributed by atoms with Crippen LogP contribution in [0, 0.1) is 0 Å². The van der Waals surface area contributed by atoms with E-state index in [1.54, 1.807) is 24.3 Å². The number of likely N-dealkylation sites (tertiary alicyclic amines) is 1. The zero-order chi connectivity index (χ0) is 18.1. The maximum absolute atomic E-state index is 11.5. The quantitative estimate of drug-likeness (QED) is 0.819. The molecule has 2 aromatic rings. The highest BCUT2D eigenvalue weighted by Crippen LogP contribution is 2.31. The predicted molar refractivity (Wildman–Crippen MR) is 103 cm³/mol. The van der Waals surface area contributed by atoms with Gasteiger partial charge in [-0.15, -0.1) is 0 Å². The molecule has 2 aromatic carbocycles. The molecule has 138 valence electrons. The molecule has 0 bridgehead atoms. The molecule has 2 aliphatic rings. The fourth-order valence-corrected chi connectivity index (χ4v) is 4.72. The molecule has 1 heterocycles. The molecule has 1 unspecified atom stereocenters. The van der Waals surface area contributed by atoms with Gasteiger partial charge in [0, 0.05) is 12.3 Å². The molecule has 4 rings (SSSR count). The van der Waals surface area contributed by atoms with Crippen LogP contribution in [0.25, 0.3) is 0 Å². The van der Waals surface area contributed by atoms with Crippen LogP contribution in [0.15, 0.2) is 47.4 Å². The molecular weight excluding hydrogens is 346 g/mol. The zero-order valence-electron chi connectivity index (χ0n) is 15.1. The maximum atomic E-state index is 11.5. The molecule has 1 aliphatic carbocycles. The van der Waals surface area contributed by atoms with Gasteiger partial charge in [-0.05, 0) is 92.7 Å². The lowest BCUT2D eigenvalue weighted by Crippen LogP contribution is -2.37. The van der Waals surface area contributed by atoms with E-state index in [1.807, 2.05) is 6.07 Å². The van der Waals surface area contributed by atoms with Gasteiger partial charge < -0.3 is 9.64 Å². The van der Waals surface area contributed by atoms with Gasteiger partial charge in [0.1, 0.15) is 11.5 Å². The standard InChI is InChI=1S/C21H25NO3S/c1-26(23,24)21-10-8-19(9-11-21)25-20-7-5-16-14-18(6-4-17(16)15-20)22-12-2-3-13-22/h5,7-11,15,18H,2-4,6,12-14H2,1H3. The molecule has 0 N–H and O–H groups in total. The first-order chi connectivity index (χ1) is 12.5. The molecule has 0 spiro atoms. The first kappa shape index (κ1) is 17.6. The number of fused-ring (bicyclic) bond motifs is 1. The molecule has 1 aliphatic heterocycles. The molecule has 0 saturated carbocycles. The highest BCUT2D eigenvalue weighted by molar-refractivity contribution is 7.90. The molecule has 0 aromatic heterocycles. The maximum Gasteiger partial charge on any atom is 0.175 e. The predicted octanol–water partition coefficient (Wildman–Crippen LogP) is 3.84. The Morgan fingerprint density at radius 1 is 0.962 bits per heavy atom. The number of hydrogen-bond acceptors (Lipinski definition) is 4. The van der Waals surface area contributed by atoms with Gasteiger partial charge in [0.05, 0.1) is 4.90 Å². The van der Waals surface area contributed by atoms with Crippen LogP contribution in [0.5, 0.6) is 11.5 Å². The Bertz CT molecular complexity index is 884. The average molecular weight is 372 g/mol. The molecule has 1 saturated heterocycles. The summed E-state index contributed by atoms with van der Waals surface area (Å²) in [7, 11) is -3.18. The molecular formula is C21H25NO3S. The van der Waals surface area contributed by atoms with Gasteiger partial charge in [0.2, 0.25) is 0 Å². The Kier molecular flexibility index (Phi) is 4.76. The van der Waals surface area contributed by atoms with Gasteiger partial charge in [0.25, 0.3) is 0 Å². The number of aryl methyl sites for hydroxylation is 1. The lowest BCUT2D eigenvalue weighted by Gasteiger charge is -2.32. The fourth-order valence-electron chi connectivity index (χ4n) is 4.09. The fraction of sp³-hybridized carbons (Fsp3) is 0.429. The van der Waals surface area contributed by atoms with E-state index in [0.29, 0.717) is 16.7 Å². The molecule has 1 atom stereocenters. The van der Waals surface area contributed by atoms with E-state index in [4.69, 9.17) is 4.74 Å². The minimum atomic E-state index is -3.18. The summed E-state index contributed by atoms with van der Waals surface area (Å²) in [4.78, 5) is 2.96. The van der Waals surface area contributed by atoms with Crippen molar-refractivity contribution < 1.29 is 13.2 Å². The van der Waals surface area contributed by atoms with Crippen molar-refractivity contribution in [2.45, 2.75) is 43.0 Å². The summed E-state index contributed by atoms with van der Waals surface area (Å²) in [5, 5.41) is 0. The van der Waals surface area contributed by atoms with Crippen molar-refractivity contribution in [3.05, 3.63) is 53.6 Å². The second-order valence-electron chi connectivity index (χ2n) is 7.42. The first-order valence-electron chi connectivity index (χ1n) is 9.33. The van der Waals surface area contributed by atoms with Crippen molar-refractivity contribution in [2.24, 2.45) is 0 Å². The van der Waals surface area contributed by atoms with Crippen LogP contribution in [-0.4, -0.2) is 38.7 Å². The SMILES string of the molecule is CS(=O)(=O)c1ccc(Oc2ccc3c(c2)CCC(N2CCCC2)C3)cc1. The van der Waals surface area contributed by atoms with Crippen LogP contribution < -0.4 is 4.74 Å². The van der Waals surface area contributed by atoms with E-state index in [0.717, 1.165) is 18.6 Å². The van der Waals surface area contributed by atoms with Crippen molar-refractivity contribution in [1.82, 2.24) is 4.90 Å². The first-order valence-corrected chi connectivity index (χ1v) is 11.2. The second-order valence-corrected chi connectivity index (χ2v) is 9.43. The summed E-state index contributed by atoms with van der Waals surface area (Å²) in [5.41, 5.74) is 2.82. The van der Waals surface area contributed by atoms with Crippen LogP contribution in [-0.2, 0) is 22.7 Å². The Morgan fingerprint density at radius 2 is 1.65 bits per heavy atom. The highest BCUT2D eigenvalue weighted by atomic mass is 32.2. The topological polar surface area (TPSA) is 46.6 Å². The second kappa shape index (κ2) is 7.05. The van der Waals surface area contributed by atoms with E-state index >= 15 is 0 Å². The van der Waals surface area contributed by atoms with Crippen molar-refractivity contribution in [2.75, 3.05) is 19.3 Å². The van der Waals surface area contributed by atoms with Gasteiger partial charge in [-0.1, -0.05) is 6.07 Å². The summed E-state index contributed by atoms with van der Waals surface area (Å²) in [6, 6.07) is 13.6. The third-order valence-electron chi connectivity index (χ3n) is 5.52. The van der Waals surface area contributed by atoms with Crippen LogP contribution >= 0.6 is 0 Å². The summed E-state index contributed by atoms with van der Waals surface area (Å²) in [6.07, 6.45) is 7.35. The van der Waals surface area contributed by atoms with Crippen LogP contribution in [0.3, 0.4) is 0 Å². The van der Waals surface area contributed by atoms with Crippen LogP contribution in [0.2, 0.25) is 0 Å². The van der Waals surface area contributed by atoms with E-state index in [-0.39, 0.29) is 0 Å². The lowest BCUT2D eigenvalue weighted by molar-refractivity contribution is 0.222. The molecule has 0 amide bonds. The van der Waals surface area contributed by atoms with Crippen LogP contribution in [0.1, 0.15) is 30.4 Å². The molecule has 1 fully saturated rings. The Balaban J connectivity index is 1.46. The Morgan fingerprint density at radius 3 is 2.35 bits per heavy atom. The zero-order valence-corrected chi connectivity index (χ0v) is 16.0. The van der Waals surface area contributed by atoms with Crippen molar-refractivity contribution in [1.29, 1.82) is 0 Å². The molecule has 4 nitrogen and oxygen atoms in total. The number of hydrogen-bond donors (Lipinski definition) is 0. The molecule has 5 heteroatoms. The van der Waals surface area contributed by atoms with Crippen molar-refractivity contribution in [3.63, 3.8) is 0 Å². The minimum absolute atomic E-state index is 0.309. The highest BCUT2D eigenvalue weighted by Gasteiger charge is 2.26. The third-order valence-corrected chi connectivity index (χ3v) is 6.65. The normalized spacial score (nSPS) is 20.7. The van der Waals surface area contributed by atoms with Gasteiger partial charge >= 0.3 is 0 Å². The van der Waals surface area contributed by atoms with Crippen molar-refractivity contribution >= 4 is 9.84 Å². The van der Waals surface area contributed by atoms with Gasteiger partial charge in [-0.25, -0.2) is 8.42 Å². The number of benzene rings is 2. The number of nitrogens with zero attached hydrogens (tertiary/aromatic N) is 1. The smallest absolute Gasteiger partial charge is 0.175 e. The van der Waals surface area contributed by atoms with Gasteiger partial charge in [-0.2, -0.15) is 0 Å². The summed E-state index contributed by atoms with van der Waals surface area (Å²) >= 11 is 0. The lowest BCUT2D eigenvalue weighted by atomic mass is 9.87. The summed E-state index contributed by atoms with van der Waals surface area (Å²) in [6.45, 7) is 2.51. The van der Waals surface area contributed by atoms with E-state index in [2.05, 4.69) is 17.0 Å². The molecule has 0 radical (unpaired) electrons. The molecule has 26 heavy (non-hydrogen) atoms. The largest absolute Gasteiger partial charge is 0.457 e. The average Bonchev–Trinajstić information content (AvgIpc) is 3.16. The van der Waals surface area contributed by atoms with Crippen LogP contribution in [0.4, 0.5) is 0 Å². The van der Waals surface area contributed by atoms with Crippen molar-refractivity contribution in [3.8, 4) is 11.5 Å². The Hall–Kier alpha value is -1.85.